The summed E-state index contributed by atoms with van der Waals surface area (Å²) in [6.07, 6.45) is 0. The van der Waals surface area contributed by atoms with Crippen LogP contribution in [0, 0.1) is 0 Å². The summed E-state index contributed by atoms with van der Waals surface area (Å²) in [4.78, 5) is 7.56. The van der Waals surface area contributed by atoms with Gasteiger partial charge < -0.3 is 19.3 Å². The standard InChI is InChI=1S/C73H69BN4/c1-45(2)50-18-27-57(28-19-50)75(58-29-20-51(21-30-58)46(3)4)61-34-36-65-71(43-61)76(59-31-22-52(23-32-59)47(5)6)69-16-13-17-70-73(69)74(65)66-37-35-62(44-72(66)78(70)60-33-24-53-14-11-12-15-56(53)40-60)77-67-38-25-54(48(7)8)41-63(67)64-42-55(49(9)10)26-39-68(64)77/h11-49H,1-10H3. The normalized spacial score (nSPS) is 13.0. The number of nitrogens with zero attached hydrogens (tertiary/aromatic N) is 4. The van der Waals surface area contributed by atoms with Crippen molar-refractivity contribution in [1.29, 1.82) is 0 Å². The zero-order chi connectivity index (χ0) is 53.7. The van der Waals surface area contributed by atoms with Crippen LogP contribution in [-0.4, -0.2) is 11.3 Å². The van der Waals surface area contributed by atoms with E-state index in [4.69, 9.17) is 0 Å². The minimum Gasteiger partial charge on any atom is -0.311 e. The molecule has 0 aliphatic carbocycles. The largest absolute Gasteiger partial charge is 0.311 e. The first-order valence-corrected chi connectivity index (χ1v) is 28.5. The summed E-state index contributed by atoms with van der Waals surface area (Å²) < 4.78 is 2.52. The van der Waals surface area contributed by atoms with E-state index in [2.05, 4.69) is 295 Å². The Morgan fingerprint density at radius 2 is 0.756 bits per heavy atom. The fourth-order valence-corrected chi connectivity index (χ4v) is 12.6. The van der Waals surface area contributed by atoms with Crippen LogP contribution in [-0.2, 0) is 0 Å². The third-order valence-electron chi connectivity index (χ3n) is 17.1. The van der Waals surface area contributed by atoms with Crippen molar-refractivity contribution >= 4 is 107 Å². The molecule has 0 unspecified atom stereocenters. The molecule has 13 rings (SSSR count). The molecular formula is C73H69BN4. The molecule has 3 heterocycles. The number of aromatic nitrogens is 1. The van der Waals surface area contributed by atoms with Crippen LogP contribution in [0.1, 0.15) is 127 Å². The van der Waals surface area contributed by atoms with Gasteiger partial charge in [-0.1, -0.05) is 166 Å². The fourth-order valence-electron chi connectivity index (χ4n) is 12.6. The second-order valence-corrected chi connectivity index (χ2v) is 23.6. The molecule has 0 saturated heterocycles. The van der Waals surface area contributed by atoms with Gasteiger partial charge in [-0.05, 0) is 194 Å². The van der Waals surface area contributed by atoms with Crippen LogP contribution in [0.25, 0.3) is 38.3 Å². The van der Waals surface area contributed by atoms with E-state index in [9.17, 15) is 0 Å². The maximum Gasteiger partial charge on any atom is 0.252 e. The van der Waals surface area contributed by atoms with Crippen molar-refractivity contribution in [3.63, 3.8) is 0 Å². The van der Waals surface area contributed by atoms with Crippen molar-refractivity contribution in [2.45, 2.75) is 98.8 Å². The molecule has 5 heteroatoms. The SMILES string of the molecule is CC(C)c1ccc(N(c2ccc(C(C)C)cc2)c2ccc3c(c2)N(c2ccc(C(C)C)cc2)c2cccc4c2B3c2ccc(-n3c5ccc(C(C)C)cc5c5cc(C(C)C)ccc53)cc2N4c2ccc3ccccc3c2)cc1. The van der Waals surface area contributed by atoms with Crippen LogP contribution >= 0.6 is 0 Å². The fraction of sp³-hybridized carbons (Fsp3) is 0.205. The van der Waals surface area contributed by atoms with Gasteiger partial charge in [0.2, 0.25) is 0 Å². The molecule has 4 nitrogen and oxygen atoms in total. The molecule has 0 atom stereocenters. The quantitative estimate of drug-likeness (QED) is 0.120. The van der Waals surface area contributed by atoms with Gasteiger partial charge in [0.05, 0.1) is 11.0 Å². The van der Waals surface area contributed by atoms with Crippen molar-refractivity contribution < 1.29 is 0 Å². The Bertz CT molecular complexity index is 3970. The summed E-state index contributed by atoms with van der Waals surface area (Å²) in [5, 5.41) is 5.05. The number of benzene rings is 10. The maximum atomic E-state index is 2.56. The Kier molecular flexibility index (Phi) is 12.2. The van der Waals surface area contributed by atoms with Gasteiger partial charge in [-0.3, -0.25) is 0 Å². The molecule has 11 aromatic rings. The lowest BCUT2D eigenvalue weighted by Gasteiger charge is -2.44. The summed E-state index contributed by atoms with van der Waals surface area (Å²) in [7, 11) is 0. The van der Waals surface area contributed by atoms with Crippen LogP contribution in [0.4, 0.5) is 51.2 Å². The summed E-state index contributed by atoms with van der Waals surface area (Å²) >= 11 is 0. The maximum absolute atomic E-state index is 2.56. The Balaban J connectivity index is 1.07. The van der Waals surface area contributed by atoms with Gasteiger partial charge in [0.25, 0.3) is 6.71 Å². The van der Waals surface area contributed by atoms with Crippen molar-refractivity contribution in [1.82, 2.24) is 4.57 Å². The molecule has 0 spiro atoms. The van der Waals surface area contributed by atoms with E-state index in [1.54, 1.807) is 0 Å². The highest BCUT2D eigenvalue weighted by molar-refractivity contribution is 7.00. The number of hydrogen-bond donors (Lipinski definition) is 0. The van der Waals surface area contributed by atoms with Crippen LogP contribution in [0.5, 0.6) is 0 Å². The van der Waals surface area contributed by atoms with Gasteiger partial charge in [0.15, 0.2) is 0 Å². The number of rotatable bonds is 11. The van der Waals surface area contributed by atoms with Crippen molar-refractivity contribution in [3.8, 4) is 5.69 Å². The zero-order valence-corrected chi connectivity index (χ0v) is 46.9. The molecule has 1 aromatic heterocycles. The predicted octanol–water partition coefficient (Wildman–Crippen LogP) is 19.1. The van der Waals surface area contributed by atoms with Crippen molar-refractivity contribution in [3.05, 3.63) is 234 Å². The molecule has 0 fully saturated rings. The summed E-state index contributed by atoms with van der Waals surface area (Å²) in [5.74, 6) is 2.13. The van der Waals surface area contributed by atoms with E-state index in [-0.39, 0.29) is 6.71 Å². The van der Waals surface area contributed by atoms with Gasteiger partial charge >= 0.3 is 0 Å². The molecule has 0 bridgehead atoms. The highest BCUT2D eigenvalue weighted by Gasteiger charge is 2.44. The first-order chi connectivity index (χ1) is 37.8. The lowest BCUT2D eigenvalue weighted by molar-refractivity contribution is 0.866. The van der Waals surface area contributed by atoms with Crippen LogP contribution in [0.2, 0.25) is 0 Å². The molecule has 0 N–H and O–H groups in total. The van der Waals surface area contributed by atoms with Crippen LogP contribution in [0.15, 0.2) is 206 Å². The topological polar surface area (TPSA) is 14.7 Å². The third kappa shape index (κ3) is 8.20. The van der Waals surface area contributed by atoms with Crippen molar-refractivity contribution in [2.75, 3.05) is 14.7 Å². The molecule has 2 aliphatic heterocycles. The Labute approximate surface area is 462 Å². The Morgan fingerprint density at radius 1 is 0.321 bits per heavy atom. The van der Waals surface area contributed by atoms with E-state index >= 15 is 0 Å². The van der Waals surface area contributed by atoms with E-state index in [1.165, 1.54) is 99.5 Å². The third-order valence-corrected chi connectivity index (χ3v) is 17.1. The highest BCUT2D eigenvalue weighted by Crippen LogP contribution is 2.48. The minimum absolute atomic E-state index is 0.0587. The van der Waals surface area contributed by atoms with Gasteiger partial charge in [-0.15, -0.1) is 0 Å². The summed E-state index contributed by atoms with van der Waals surface area (Å²) in [6, 6.07) is 79.4. The number of fused-ring (bicyclic) bond motifs is 8. The average molecular weight is 1010 g/mol. The molecule has 384 valence electrons. The van der Waals surface area contributed by atoms with E-state index in [0.29, 0.717) is 29.6 Å². The Hall–Kier alpha value is -8.28. The van der Waals surface area contributed by atoms with Gasteiger partial charge in [0.1, 0.15) is 0 Å². The molecule has 0 amide bonds. The van der Waals surface area contributed by atoms with Crippen molar-refractivity contribution in [2.24, 2.45) is 0 Å². The predicted molar refractivity (Wildman–Crippen MR) is 337 cm³/mol. The van der Waals surface area contributed by atoms with Crippen LogP contribution < -0.4 is 31.1 Å². The zero-order valence-electron chi connectivity index (χ0n) is 46.9. The lowest BCUT2D eigenvalue weighted by atomic mass is 9.33. The van der Waals surface area contributed by atoms with Crippen LogP contribution in [0.3, 0.4) is 0 Å². The summed E-state index contributed by atoms with van der Waals surface area (Å²) in [5.41, 5.74) is 24.6. The molecule has 2 aliphatic rings. The van der Waals surface area contributed by atoms with E-state index < -0.39 is 0 Å². The van der Waals surface area contributed by atoms with Gasteiger partial charge in [-0.2, -0.15) is 0 Å². The second-order valence-electron chi connectivity index (χ2n) is 23.6. The monoisotopic (exact) mass is 1010 g/mol. The highest BCUT2D eigenvalue weighted by atomic mass is 15.2. The molecule has 0 saturated carbocycles. The molecule has 0 radical (unpaired) electrons. The second kappa shape index (κ2) is 19.3. The Morgan fingerprint density at radius 3 is 1.29 bits per heavy atom. The lowest BCUT2D eigenvalue weighted by Crippen LogP contribution is -2.61. The number of hydrogen-bond acceptors (Lipinski definition) is 3. The minimum atomic E-state index is -0.0587. The smallest absolute Gasteiger partial charge is 0.252 e. The van der Waals surface area contributed by atoms with E-state index in [1.807, 2.05) is 0 Å². The van der Waals surface area contributed by atoms with E-state index in [0.717, 1.165) is 34.1 Å². The van der Waals surface area contributed by atoms with Gasteiger partial charge in [0, 0.05) is 67.6 Å². The summed E-state index contributed by atoms with van der Waals surface area (Å²) in [6.45, 7) is 22.8. The first-order valence-electron chi connectivity index (χ1n) is 28.5. The average Bonchev–Trinajstić information content (AvgIpc) is 3.45. The molecular weight excluding hydrogens is 944 g/mol. The molecule has 10 aromatic carbocycles. The number of anilines is 9. The molecule has 78 heavy (non-hydrogen) atoms. The van der Waals surface area contributed by atoms with Gasteiger partial charge in [-0.25, -0.2) is 0 Å². The first kappa shape index (κ1) is 49.3.